The van der Waals surface area contributed by atoms with E-state index in [1.54, 1.807) is 11.0 Å². The average molecular weight is 253 g/mol. The van der Waals surface area contributed by atoms with Crippen LogP contribution < -0.4 is 5.32 Å². The normalized spacial score (nSPS) is 10.4. The largest absolute Gasteiger partial charge is 0.363 e. The minimum absolute atomic E-state index is 0.0212. The highest BCUT2D eigenvalue weighted by Gasteiger charge is 2.19. The van der Waals surface area contributed by atoms with Gasteiger partial charge in [-0.15, -0.1) is 0 Å². The van der Waals surface area contributed by atoms with Gasteiger partial charge in [0.05, 0.1) is 6.54 Å². The Morgan fingerprint density at radius 1 is 1.50 bits per heavy atom. The molecule has 6 heteroatoms. The standard InChI is InChI=1S/C12H19N3O3/c1-4-6-15(12(17)9(2)3)8-11(16)13-10-5-7-18-14-10/h5,7,9H,4,6,8H2,1-3H3,(H,13,14,16). The van der Waals surface area contributed by atoms with E-state index in [-0.39, 0.29) is 24.3 Å². The van der Waals surface area contributed by atoms with Gasteiger partial charge in [-0.2, -0.15) is 0 Å². The third-order valence-corrected chi connectivity index (χ3v) is 2.34. The lowest BCUT2D eigenvalue weighted by Gasteiger charge is -2.23. The second-order valence-electron chi connectivity index (χ2n) is 4.35. The quantitative estimate of drug-likeness (QED) is 0.833. The fourth-order valence-corrected chi connectivity index (χ4v) is 1.53. The summed E-state index contributed by atoms with van der Waals surface area (Å²) in [5.74, 6) is -0.0525. The Labute approximate surface area is 106 Å². The summed E-state index contributed by atoms with van der Waals surface area (Å²) >= 11 is 0. The molecule has 0 aromatic carbocycles. The zero-order valence-electron chi connectivity index (χ0n) is 11.0. The van der Waals surface area contributed by atoms with Crippen molar-refractivity contribution in [3.05, 3.63) is 12.3 Å². The first kappa shape index (κ1) is 14.2. The van der Waals surface area contributed by atoms with E-state index in [1.165, 1.54) is 6.26 Å². The van der Waals surface area contributed by atoms with Crippen molar-refractivity contribution in [3.8, 4) is 0 Å². The topological polar surface area (TPSA) is 75.4 Å². The molecule has 0 radical (unpaired) electrons. The maximum absolute atomic E-state index is 11.9. The third kappa shape index (κ3) is 4.20. The Balaban J connectivity index is 2.55. The van der Waals surface area contributed by atoms with Crippen molar-refractivity contribution in [1.29, 1.82) is 0 Å². The van der Waals surface area contributed by atoms with Crippen LogP contribution in [0, 0.1) is 5.92 Å². The molecule has 0 aliphatic carbocycles. The molecule has 0 atom stereocenters. The summed E-state index contributed by atoms with van der Waals surface area (Å²) in [7, 11) is 0. The average Bonchev–Trinajstić information content (AvgIpc) is 2.80. The Hall–Kier alpha value is -1.85. The molecule has 1 heterocycles. The molecule has 0 aliphatic rings. The number of aromatic nitrogens is 1. The summed E-state index contributed by atoms with van der Waals surface area (Å²) in [5, 5.41) is 6.15. The van der Waals surface area contributed by atoms with Gasteiger partial charge in [0, 0.05) is 18.5 Å². The smallest absolute Gasteiger partial charge is 0.245 e. The molecule has 0 fully saturated rings. The molecule has 0 saturated heterocycles. The van der Waals surface area contributed by atoms with Gasteiger partial charge in [-0.25, -0.2) is 0 Å². The molecule has 1 N–H and O–H groups in total. The SMILES string of the molecule is CCCN(CC(=O)Nc1ccon1)C(=O)C(C)C. The third-order valence-electron chi connectivity index (χ3n) is 2.34. The van der Waals surface area contributed by atoms with Crippen LogP contribution in [0.15, 0.2) is 16.9 Å². The maximum atomic E-state index is 11.9. The minimum atomic E-state index is -0.272. The minimum Gasteiger partial charge on any atom is -0.363 e. The maximum Gasteiger partial charge on any atom is 0.245 e. The Bertz CT molecular complexity index is 387. The predicted molar refractivity (Wildman–Crippen MR) is 66.8 cm³/mol. The van der Waals surface area contributed by atoms with Crippen LogP contribution in [0.3, 0.4) is 0 Å². The molecule has 0 spiro atoms. The molecule has 1 rings (SSSR count). The molecule has 18 heavy (non-hydrogen) atoms. The van der Waals surface area contributed by atoms with Crippen molar-refractivity contribution in [1.82, 2.24) is 10.1 Å². The van der Waals surface area contributed by atoms with Gasteiger partial charge in [0.25, 0.3) is 0 Å². The summed E-state index contributed by atoms with van der Waals surface area (Å²) in [5.41, 5.74) is 0. The fourth-order valence-electron chi connectivity index (χ4n) is 1.53. The van der Waals surface area contributed by atoms with Crippen molar-refractivity contribution in [3.63, 3.8) is 0 Å². The molecule has 0 unspecified atom stereocenters. The molecular formula is C12H19N3O3. The molecule has 2 amide bonds. The molecule has 6 nitrogen and oxygen atoms in total. The molecular weight excluding hydrogens is 234 g/mol. The first-order chi connectivity index (χ1) is 8.54. The van der Waals surface area contributed by atoms with Gasteiger partial charge in [0.1, 0.15) is 6.26 Å². The lowest BCUT2D eigenvalue weighted by molar-refractivity contribution is -0.137. The molecule has 100 valence electrons. The van der Waals surface area contributed by atoms with Crippen LogP contribution in [0.25, 0.3) is 0 Å². The Kier molecular flexibility index (Phi) is 5.35. The number of nitrogens with one attached hydrogen (secondary N) is 1. The molecule has 1 aromatic rings. The van der Waals surface area contributed by atoms with E-state index in [0.717, 1.165) is 6.42 Å². The van der Waals surface area contributed by atoms with Crippen LogP contribution >= 0.6 is 0 Å². The Morgan fingerprint density at radius 3 is 2.72 bits per heavy atom. The number of nitrogens with zero attached hydrogens (tertiary/aromatic N) is 2. The van der Waals surface area contributed by atoms with Crippen LogP contribution in [0.4, 0.5) is 5.82 Å². The fraction of sp³-hybridized carbons (Fsp3) is 0.583. The summed E-state index contributed by atoms with van der Waals surface area (Å²) in [6.07, 6.45) is 2.19. The van der Waals surface area contributed by atoms with Gasteiger partial charge in [-0.3, -0.25) is 9.59 Å². The number of amides is 2. The molecule has 0 bridgehead atoms. The Morgan fingerprint density at radius 2 is 2.22 bits per heavy atom. The monoisotopic (exact) mass is 253 g/mol. The van der Waals surface area contributed by atoms with Gasteiger partial charge in [-0.1, -0.05) is 25.9 Å². The van der Waals surface area contributed by atoms with Crippen LogP contribution in [0.2, 0.25) is 0 Å². The van der Waals surface area contributed by atoms with Crippen LogP contribution in [-0.4, -0.2) is 35.0 Å². The van der Waals surface area contributed by atoms with Gasteiger partial charge in [0.2, 0.25) is 11.8 Å². The molecule has 1 aromatic heterocycles. The van der Waals surface area contributed by atoms with Crippen molar-refractivity contribution >= 4 is 17.6 Å². The predicted octanol–water partition coefficient (Wildman–Crippen LogP) is 1.51. The van der Waals surface area contributed by atoms with E-state index in [1.807, 2.05) is 20.8 Å². The molecule has 0 aliphatic heterocycles. The zero-order chi connectivity index (χ0) is 13.5. The van der Waals surface area contributed by atoms with Crippen molar-refractivity contribution in [2.75, 3.05) is 18.4 Å². The van der Waals surface area contributed by atoms with Gasteiger partial charge < -0.3 is 14.7 Å². The van der Waals surface area contributed by atoms with E-state index in [9.17, 15) is 9.59 Å². The first-order valence-corrected chi connectivity index (χ1v) is 6.03. The van der Waals surface area contributed by atoms with Crippen LogP contribution in [0.5, 0.6) is 0 Å². The zero-order valence-corrected chi connectivity index (χ0v) is 11.0. The number of carbonyl (C=O) groups excluding carboxylic acids is 2. The van der Waals surface area contributed by atoms with E-state index in [4.69, 9.17) is 0 Å². The van der Waals surface area contributed by atoms with Crippen LogP contribution in [-0.2, 0) is 9.59 Å². The van der Waals surface area contributed by atoms with E-state index >= 15 is 0 Å². The highest BCUT2D eigenvalue weighted by atomic mass is 16.5. The number of anilines is 1. The number of hydrogen-bond donors (Lipinski definition) is 1. The van der Waals surface area contributed by atoms with Gasteiger partial charge in [0.15, 0.2) is 5.82 Å². The second kappa shape index (κ2) is 6.78. The van der Waals surface area contributed by atoms with Gasteiger partial charge >= 0.3 is 0 Å². The highest BCUT2D eigenvalue weighted by molar-refractivity contribution is 5.93. The lowest BCUT2D eigenvalue weighted by atomic mass is 10.2. The first-order valence-electron chi connectivity index (χ1n) is 6.03. The summed E-state index contributed by atoms with van der Waals surface area (Å²) in [4.78, 5) is 25.2. The number of rotatable bonds is 6. The second-order valence-corrected chi connectivity index (χ2v) is 4.35. The van der Waals surface area contributed by atoms with E-state index in [0.29, 0.717) is 12.4 Å². The number of hydrogen-bond acceptors (Lipinski definition) is 4. The van der Waals surface area contributed by atoms with E-state index in [2.05, 4.69) is 15.0 Å². The van der Waals surface area contributed by atoms with Crippen molar-refractivity contribution in [2.45, 2.75) is 27.2 Å². The lowest BCUT2D eigenvalue weighted by Crippen LogP contribution is -2.40. The van der Waals surface area contributed by atoms with Gasteiger partial charge in [-0.05, 0) is 6.42 Å². The molecule has 0 saturated carbocycles. The summed E-state index contributed by atoms with van der Waals surface area (Å²) in [6.45, 7) is 6.22. The van der Waals surface area contributed by atoms with Crippen LogP contribution in [0.1, 0.15) is 27.2 Å². The summed E-state index contributed by atoms with van der Waals surface area (Å²) in [6, 6.07) is 1.55. The van der Waals surface area contributed by atoms with Crippen molar-refractivity contribution in [2.24, 2.45) is 5.92 Å². The van der Waals surface area contributed by atoms with E-state index < -0.39 is 0 Å². The highest BCUT2D eigenvalue weighted by Crippen LogP contribution is 2.05. The summed E-state index contributed by atoms with van der Waals surface area (Å²) < 4.78 is 4.61. The van der Waals surface area contributed by atoms with Crippen molar-refractivity contribution < 1.29 is 14.1 Å². The number of carbonyl (C=O) groups is 2.